The highest BCUT2D eigenvalue weighted by Crippen LogP contribution is 2.43. The zero-order valence-electron chi connectivity index (χ0n) is 33.2. The summed E-state index contributed by atoms with van der Waals surface area (Å²) in [4.78, 5) is 21.5. The van der Waals surface area contributed by atoms with Gasteiger partial charge in [-0.3, -0.25) is 9.97 Å². The maximum absolute atomic E-state index is 5.53. The molecule has 0 N–H and O–H groups in total. The molecule has 4 aromatic heterocycles. The van der Waals surface area contributed by atoms with Crippen molar-refractivity contribution < 1.29 is 0 Å². The molecule has 10 aromatic carbocycles. The lowest BCUT2D eigenvalue weighted by molar-refractivity contribution is 0.775. The molecule has 0 amide bonds. The molecule has 14 aromatic rings. The summed E-state index contributed by atoms with van der Waals surface area (Å²) in [5.74, 6) is 0. The summed E-state index contributed by atoms with van der Waals surface area (Å²) in [6, 6.07) is 64.7. The van der Waals surface area contributed by atoms with E-state index in [1.807, 2.05) is 12.4 Å². The van der Waals surface area contributed by atoms with Crippen LogP contribution in [0.4, 0.5) is 0 Å². The third-order valence-corrected chi connectivity index (χ3v) is 12.9. The first kappa shape index (κ1) is 33.4. The molecule has 6 nitrogen and oxygen atoms in total. The Morgan fingerprint density at radius 1 is 0.258 bits per heavy atom. The fraction of sp³-hybridized carbons (Fsp3) is 0. The lowest BCUT2D eigenvalue weighted by Crippen LogP contribution is -2.10. The molecule has 0 aliphatic heterocycles. The molecule has 286 valence electrons. The first-order valence-corrected chi connectivity index (χ1v) is 21.0. The number of para-hydroxylation sites is 4. The summed E-state index contributed by atoms with van der Waals surface area (Å²) in [5.41, 5.74) is 11.5. The summed E-state index contributed by atoms with van der Waals surface area (Å²) in [5, 5.41) is 13.7. The molecule has 6 heteroatoms. The minimum Gasteiger partial charge on any atom is -0.252 e. The van der Waals surface area contributed by atoms with E-state index in [-0.39, 0.29) is 0 Å². The van der Waals surface area contributed by atoms with Crippen molar-refractivity contribution in [2.24, 2.45) is 0 Å². The number of nitrogens with zero attached hydrogens (tertiary/aromatic N) is 6. The van der Waals surface area contributed by atoms with E-state index in [0.29, 0.717) is 0 Å². The molecule has 0 fully saturated rings. The predicted molar refractivity (Wildman–Crippen MR) is 257 cm³/mol. The minimum absolute atomic E-state index is 0.813. The number of hydrogen-bond donors (Lipinski definition) is 0. The quantitative estimate of drug-likeness (QED) is 0.167. The van der Waals surface area contributed by atoms with E-state index < -0.39 is 0 Å². The Morgan fingerprint density at radius 2 is 0.565 bits per heavy atom. The Bertz CT molecular complexity index is 3890. The standard InChI is InChI=1S/C56H32N6/c1-5-21-39-33(15-1)35-17-3-7-23-41(35)53-51(39)57-31-47(59-53)45-27-13-25-43-37-19-9-11-29-49(37)61(55(43)45)62-50-30-12-10-20-38(50)44-26-14-28-46(56(44)62)48-32-58-52-40-22-6-2-16-34(40)36-18-4-8-24-42(36)54(52)60-48/h1-32H. The van der Waals surface area contributed by atoms with Gasteiger partial charge in [0.1, 0.15) is 0 Å². The molecule has 0 aliphatic carbocycles. The van der Waals surface area contributed by atoms with Crippen molar-refractivity contribution >= 4 is 109 Å². The van der Waals surface area contributed by atoms with Gasteiger partial charge >= 0.3 is 0 Å². The molecular formula is C56H32N6. The summed E-state index contributed by atoms with van der Waals surface area (Å²) >= 11 is 0. The molecule has 0 aliphatic rings. The number of fused-ring (bicyclic) bond motifs is 18. The van der Waals surface area contributed by atoms with Gasteiger partial charge in [0.05, 0.1) is 67.9 Å². The first-order chi connectivity index (χ1) is 30.8. The van der Waals surface area contributed by atoms with Crippen LogP contribution in [0.25, 0.3) is 131 Å². The van der Waals surface area contributed by atoms with Crippen LogP contribution in [0.2, 0.25) is 0 Å². The molecule has 14 rings (SSSR count). The van der Waals surface area contributed by atoms with E-state index in [1.54, 1.807) is 0 Å². The Labute approximate surface area is 353 Å². The van der Waals surface area contributed by atoms with Gasteiger partial charge in [0.2, 0.25) is 0 Å². The molecule has 0 atom stereocenters. The van der Waals surface area contributed by atoms with E-state index in [1.165, 1.54) is 21.5 Å². The van der Waals surface area contributed by atoms with Gasteiger partial charge in [-0.25, -0.2) is 19.3 Å². The van der Waals surface area contributed by atoms with Crippen molar-refractivity contribution in [3.05, 3.63) is 194 Å². The van der Waals surface area contributed by atoms with Gasteiger partial charge < -0.3 is 0 Å². The third-order valence-electron chi connectivity index (χ3n) is 12.9. The lowest BCUT2D eigenvalue weighted by Gasteiger charge is -2.17. The van der Waals surface area contributed by atoms with Crippen molar-refractivity contribution in [3.63, 3.8) is 0 Å². The monoisotopic (exact) mass is 788 g/mol. The molecule has 0 bridgehead atoms. The van der Waals surface area contributed by atoms with Crippen molar-refractivity contribution in [3.8, 4) is 22.5 Å². The second-order valence-electron chi connectivity index (χ2n) is 16.1. The summed E-state index contributed by atoms with van der Waals surface area (Å²) < 4.78 is 4.80. The van der Waals surface area contributed by atoms with E-state index >= 15 is 0 Å². The van der Waals surface area contributed by atoms with Gasteiger partial charge in [0.15, 0.2) is 0 Å². The lowest BCUT2D eigenvalue weighted by atomic mass is 9.99. The third kappa shape index (κ3) is 4.47. The molecule has 62 heavy (non-hydrogen) atoms. The molecular weight excluding hydrogens is 757 g/mol. The number of rotatable bonds is 3. The summed E-state index contributed by atoms with van der Waals surface area (Å²) in [6.07, 6.45) is 3.91. The van der Waals surface area contributed by atoms with Crippen molar-refractivity contribution in [1.82, 2.24) is 29.3 Å². The van der Waals surface area contributed by atoms with Gasteiger partial charge in [0.25, 0.3) is 0 Å². The predicted octanol–water partition coefficient (Wildman–Crippen LogP) is 14.0. The van der Waals surface area contributed by atoms with Crippen molar-refractivity contribution in [1.29, 1.82) is 0 Å². The zero-order valence-corrected chi connectivity index (χ0v) is 33.2. The second kappa shape index (κ2) is 12.5. The van der Waals surface area contributed by atoms with Crippen molar-refractivity contribution in [2.45, 2.75) is 0 Å². The highest BCUT2D eigenvalue weighted by molar-refractivity contribution is 6.25. The summed E-state index contributed by atoms with van der Waals surface area (Å²) in [6.45, 7) is 0. The van der Waals surface area contributed by atoms with Crippen LogP contribution in [0.3, 0.4) is 0 Å². The molecule has 0 spiro atoms. The number of aromatic nitrogens is 6. The highest BCUT2D eigenvalue weighted by Gasteiger charge is 2.24. The number of benzene rings is 10. The molecule has 0 unspecified atom stereocenters. The van der Waals surface area contributed by atoms with E-state index in [4.69, 9.17) is 19.9 Å². The molecule has 4 heterocycles. The van der Waals surface area contributed by atoms with Crippen LogP contribution in [0.5, 0.6) is 0 Å². The van der Waals surface area contributed by atoms with Gasteiger partial charge in [0, 0.05) is 54.2 Å². The Hall–Kier alpha value is -8.48. The average molecular weight is 789 g/mol. The van der Waals surface area contributed by atoms with Crippen LogP contribution >= 0.6 is 0 Å². The largest absolute Gasteiger partial charge is 0.252 e. The second-order valence-corrected chi connectivity index (χ2v) is 16.1. The minimum atomic E-state index is 0.813. The average Bonchev–Trinajstić information content (AvgIpc) is 3.86. The smallest absolute Gasteiger partial charge is 0.0979 e. The fourth-order valence-electron chi connectivity index (χ4n) is 10.3. The van der Waals surface area contributed by atoms with E-state index in [2.05, 4.69) is 191 Å². The van der Waals surface area contributed by atoms with Crippen LogP contribution in [-0.4, -0.2) is 29.3 Å². The topological polar surface area (TPSA) is 61.4 Å². The Kier molecular flexibility index (Phi) is 6.74. The van der Waals surface area contributed by atoms with Crippen LogP contribution in [0.15, 0.2) is 194 Å². The maximum atomic E-state index is 5.53. The van der Waals surface area contributed by atoms with Crippen LogP contribution in [-0.2, 0) is 0 Å². The van der Waals surface area contributed by atoms with Gasteiger partial charge in [-0.2, -0.15) is 0 Å². The fourth-order valence-corrected chi connectivity index (χ4v) is 10.3. The van der Waals surface area contributed by atoms with Crippen LogP contribution in [0.1, 0.15) is 0 Å². The van der Waals surface area contributed by atoms with Gasteiger partial charge in [-0.05, 0) is 33.7 Å². The van der Waals surface area contributed by atoms with E-state index in [0.717, 1.165) is 110 Å². The van der Waals surface area contributed by atoms with E-state index in [9.17, 15) is 0 Å². The Morgan fingerprint density at radius 3 is 0.952 bits per heavy atom. The SMILES string of the molecule is c1ccc2c(c1)c1ccccc1c1nc(-c3cccc4c5ccccc5n(-n5c6ccccc6c6cccc(-c7cnc8c9ccccc9c9ccccc9c8n7)c65)c34)cnc21. The molecule has 0 saturated carbocycles. The maximum Gasteiger partial charge on any atom is 0.0979 e. The first-order valence-electron chi connectivity index (χ1n) is 21.0. The van der Waals surface area contributed by atoms with Crippen LogP contribution in [0, 0.1) is 0 Å². The highest BCUT2D eigenvalue weighted by atomic mass is 15.5. The van der Waals surface area contributed by atoms with Crippen molar-refractivity contribution in [2.75, 3.05) is 0 Å². The molecule has 0 radical (unpaired) electrons. The number of hydrogen-bond acceptors (Lipinski definition) is 4. The molecule has 0 saturated heterocycles. The van der Waals surface area contributed by atoms with Gasteiger partial charge in [-0.1, -0.05) is 170 Å². The van der Waals surface area contributed by atoms with Crippen LogP contribution < -0.4 is 0 Å². The normalized spacial score (nSPS) is 12.2. The summed E-state index contributed by atoms with van der Waals surface area (Å²) in [7, 11) is 0. The Balaban J connectivity index is 1.10. The van der Waals surface area contributed by atoms with Gasteiger partial charge in [-0.15, -0.1) is 0 Å². The zero-order chi connectivity index (χ0) is 40.5.